The van der Waals surface area contributed by atoms with Crippen molar-refractivity contribution in [1.82, 2.24) is 0 Å². The van der Waals surface area contributed by atoms with Crippen molar-refractivity contribution in [2.45, 2.75) is 135 Å². The van der Waals surface area contributed by atoms with Crippen molar-refractivity contribution in [3.05, 3.63) is 0 Å². The maximum absolute atomic E-state index is 10.6. The lowest BCUT2D eigenvalue weighted by atomic mass is 10.0. The summed E-state index contributed by atoms with van der Waals surface area (Å²) in [5.74, 6) is -0.686. The zero-order valence-electron chi connectivity index (χ0n) is 18.5. The van der Waals surface area contributed by atoms with Crippen molar-refractivity contribution in [2.24, 2.45) is 0 Å². The fourth-order valence-electron chi connectivity index (χ4n) is 3.54. The van der Waals surface area contributed by atoms with E-state index in [2.05, 4.69) is 6.92 Å². The van der Waals surface area contributed by atoms with Crippen LogP contribution in [0.4, 0.5) is 0 Å². The third-order valence-corrected chi connectivity index (χ3v) is 5.37. The molecule has 4 heteroatoms. The van der Waals surface area contributed by atoms with Gasteiger partial charge in [0, 0.05) is 19.4 Å². The van der Waals surface area contributed by atoms with Gasteiger partial charge in [-0.1, -0.05) is 84.0 Å². The molecule has 0 aromatic rings. The molecule has 1 unspecified atom stereocenters. The van der Waals surface area contributed by atoms with Gasteiger partial charge in [0.15, 0.2) is 0 Å². The molecule has 0 spiro atoms. The van der Waals surface area contributed by atoms with Crippen LogP contribution in [0.3, 0.4) is 0 Å². The molecule has 0 aliphatic heterocycles. The van der Waals surface area contributed by atoms with Crippen LogP contribution in [0.5, 0.6) is 0 Å². The van der Waals surface area contributed by atoms with Crippen molar-refractivity contribution in [1.29, 1.82) is 0 Å². The molecular formula is C24H46O4. The summed E-state index contributed by atoms with van der Waals surface area (Å²) in [7, 11) is 0. The van der Waals surface area contributed by atoms with Gasteiger partial charge in [0.05, 0.1) is 6.10 Å². The first-order valence-corrected chi connectivity index (χ1v) is 12.0. The number of carboxylic acid groups (broad SMARTS) is 1. The molecule has 0 aromatic heterocycles. The molecule has 0 rings (SSSR count). The Morgan fingerprint density at radius 3 is 1.79 bits per heavy atom. The lowest BCUT2D eigenvalue weighted by molar-refractivity contribution is -0.137. The van der Waals surface area contributed by atoms with Gasteiger partial charge in [0.2, 0.25) is 0 Å². The Bertz CT molecular complexity index is 343. The van der Waals surface area contributed by atoms with Crippen LogP contribution in [0.15, 0.2) is 0 Å². The van der Waals surface area contributed by atoms with Crippen LogP contribution in [0.25, 0.3) is 0 Å². The predicted molar refractivity (Wildman–Crippen MR) is 117 cm³/mol. The maximum atomic E-state index is 10.6. The second kappa shape index (κ2) is 22.4. The molecule has 0 saturated carbocycles. The van der Waals surface area contributed by atoms with E-state index in [0.29, 0.717) is 12.5 Å². The van der Waals surface area contributed by atoms with E-state index in [4.69, 9.17) is 9.84 Å². The van der Waals surface area contributed by atoms with Gasteiger partial charge in [-0.2, -0.15) is 0 Å². The third-order valence-electron chi connectivity index (χ3n) is 5.37. The van der Waals surface area contributed by atoms with Gasteiger partial charge in [-0.15, -0.1) is 0 Å². The van der Waals surface area contributed by atoms with Gasteiger partial charge in [-0.3, -0.25) is 4.79 Å². The molecule has 0 aliphatic carbocycles. The predicted octanol–water partition coefficient (Wildman–Crippen LogP) is 7.09. The van der Waals surface area contributed by atoms with Gasteiger partial charge in [0.25, 0.3) is 0 Å². The topological polar surface area (TPSA) is 63.6 Å². The molecule has 1 N–H and O–H groups in total. The molecule has 0 saturated heterocycles. The summed E-state index contributed by atoms with van der Waals surface area (Å²) in [5, 5.41) is 8.71. The first-order chi connectivity index (χ1) is 13.7. The Kier molecular flexibility index (Phi) is 21.7. The molecule has 0 radical (unpaired) electrons. The van der Waals surface area contributed by atoms with Crippen LogP contribution < -0.4 is 0 Å². The number of hydrogen-bond donors (Lipinski definition) is 1. The Labute approximate surface area is 173 Å². The van der Waals surface area contributed by atoms with E-state index in [9.17, 15) is 9.59 Å². The molecule has 0 aromatic carbocycles. The number of aldehydes is 1. The van der Waals surface area contributed by atoms with E-state index in [-0.39, 0.29) is 0 Å². The van der Waals surface area contributed by atoms with Gasteiger partial charge in [-0.05, 0) is 32.1 Å². The Hall–Kier alpha value is -0.900. The van der Waals surface area contributed by atoms with Crippen molar-refractivity contribution < 1.29 is 19.4 Å². The van der Waals surface area contributed by atoms with Crippen molar-refractivity contribution in [2.75, 3.05) is 6.61 Å². The summed E-state index contributed by atoms with van der Waals surface area (Å²) in [5.41, 5.74) is 0. The van der Waals surface area contributed by atoms with E-state index in [1.165, 1.54) is 64.2 Å². The smallest absolute Gasteiger partial charge is 0.303 e. The Morgan fingerprint density at radius 1 is 0.786 bits per heavy atom. The van der Waals surface area contributed by atoms with E-state index in [0.717, 1.165) is 64.3 Å². The molecular weight excluding hydrogens is 352 g/mol. The minimum absolute atomic E-state index is 0.292. The largest absolute Gasteiger partial charge is 0.481 e. The van der Waals surface area contributed by atoms with Crippen molar-refractivity contribution in [3.8, 4) is 0 Å². The molecule has 28 heavy (non-hydrogen) atoms. The first-order valence-electron chi connectivity index (χ1n) is 12.0. The highest BCUT2D eigenvalue weighted by Gasteiger charge is 2.09. The minimum Gasteiger partial charge on any atom is -0.481 e. The van der Waals surface area contributed by atoms with Gasteiger partial charge in [-0.25, -0.2) is 0 Å². The van der Waals surface area contributed by atoms with Crippen LogP contribution in [0.1, 0.15) is 129 Å². The Balaban J connectivity index is 3.60. The summed E-state index contributed by atoms with van der Waals surface area (Å²) in [6, 6.07) is 0. The van der Waals surface area contributed by atoms with Crippen LogP contribution >= 0.6 is 0 Å². The number of carboxylic acids is 1. The van der Waals surface area contributed by atoms with E-state index >= 15 is 0 Å². The highest BCUT2D eigenvalue weighted by molar-refractivity contribution is 5.66. The van der Waals surface area contributed by atoms with Crippen molar-refractivity contribution >= 4 is 12.3 Å². The minimum atomic E-state index is -0.686. The maximum Gasteiger partial charge on any atom is 0.303 e. The lowest BCUT2D eigenvalue weighted by Crippen LogP contribution is -2.14. The first kappa shape index (κ1) is 27.1. The van der Waals surface area contributed by atoms with Crippen molar-refractivity contribution in [3.63, 3.8) is 0 Å². The van der Waals surface area contributed by atoms with Gasteiger partial charge < -0.3 is 14.6 Å². The highest BCUT2D eigenvalue weighted by atomic mass is 16.5. The second-order valence-corrected chi connectivity index (χ2v) is 8.12. The molecule has 0 bridgehead atoms. The van der Waals surface area contributed by atoms with E-state index in [1.807, 2.05) is 0 Å². The number of rotatable bonds is 23. The van der Waals surface area contributed by atoms with Crippen LogP contribution in [-0.2, 0) is 14.3 Å². The quantitative estimate of drug-likeness (QED) is 0.147. The molecule has 0 aliphatic rings. The lowest BCUT2D eigenvalue weighted by Gasteiger charge is -2.18. The molecule has 4 nitrogen and oxygen atoms in total. The summed E-state index contributed by atoms with van der Waals surface area (Å²) in [6.45, 7) is 3.05. The molecule has 0 amide bonds. The Morgan fingerprint density at radius 2 is 1.29 bits per heavy atom. The number of ether oxygens (including phenoxy) is 1. The monoisotopic (exact) mass is 398 g/mol. The molecule has 1 atom stereocenters. The zero-order valence-corrected chi connectivity index (χ0v) is 18.5. The van der Waals surface area contributed by atoms with E-state index < -0.39 is 5.97 Å². The number of carbonyl (C=O) groups is 2. The highest BCUT2D eigenvalue weighted by Crippen LogP contribution is 2.17. The fourth-order valence-corrected chi connectivity index (χ4v) is 3.54. The summed E-state index contributed by atoms with van der Waals surface area (Å²) < 4.78 is 6.07. The summed E-state index contributed by atoms with van der Waals surface area (Å²) in [6.07, 6.45) is 22.5. The van der Waals surface area contributed by atoms with Gasteiger partial charge >= 0.3 is 5.97 Å². The van der Waals surface area contributed by atoms with Crippen LogP contribution in [0, 0.1) is 0 Å². The molecule has 0 heterocycles. The summed E-state index contributed by atoms with van der Waals surface area (Å²) >= 11 is 0. The van der Waals surface area contributed by atoms with Crippen LogP contribution in [0.2, 0.25) is 0 Å². The standard InChI is InChI=1S/C24H46O4/c1-2-3-22-28-23(19-15-13-16-20-24(26)27)18-14-11-9-7-5-4-6-8-10-12-17-21-25/h21,23H,2-20,22H2,1H3,(H,26,27). The average molecular weight is 399 g/mol. The fraction of sp³-hybridized carbons (Fsp3) is 0.917. The average Bonchev–Trinajstić information content (AvgIpc) is 2.68. The zero-order chi connectivity index (χ0) is 20.7. The normalized spacial score (nSPS) is 12.2. The SMILES string of the molecule is CCCCOC(CCCCCCCCCCCCC=O)CCCCCC(=O)O. The van der Waals surface area contributed by atoms with E-state index in [1.54, 1.807) is 0 Å². The number of hydrogen-bond acceptors (Lipinski definition) is 3. The summed E-state index contributed by atoms with van der Waals surface area (Å²) in [4.78, 5) is 20.8. The number of carbonyl (C=O) groups excluding carboxylic acids is 1. The molecule has 0 fully saturated rings. The number of aliphatic carboxylic acids is 1. The van der Waals surface area contributed by atoms with Crippen LogP contribution in [-0.4, -0.2) is 30.1 Å². The molecule has 166 valence electrons. The second-order valence-electron chi connectivity index (χ2n) is 8.12. The number of unbranched alkanes of at least 4 members (excludes halogenated alkanes) is 13. The van der Waals surface area contributed by atoms with Gasteiger partial charge in [0.1, 0.15) is 6.29 Å². The third kappa shape index (κ3) is 21.4.